The van der Waals surface area contributed by atoms with Crippen LogP contribution in [0.15, 0.2) is 30.3 Å². The highest BCUT2D eigenvalue weighted by Gasteiger charge is 2.69. The topological polar surface area (TPSA) is 75.7 Å². The van der Waals surface area contributed by atoms with E-state index in [1.165, 1.54) is 0 Å². The molecule has 1 unspecified atom stereocenters. The van der Waals surface area contributed by atoms with Crippen LogP contribution in [0.1, 0.15) is 25.8 Å². The number of esters is 1. The van der Waals surface area contributed by atoms with Gasteiger partial charge in [-0.25, -0.2) is 4.79 Å². The molecule has 2 fully saturated rings. The van der Waals surface area contributed by atoms with Crippen molar-refractivity contribution in [2.24, 2.45) is 0 Å². The van der Waals surface area contributed by atoms with E-state index < -0.39 is 39.7 Å². The van der Waals surface area contributed by atoms with Gasteiger partial charge in [0.2, 0.25) is 5.91 Å². The Kier molecular flexibility index (Phi) is 4.65. The SMILES string of the molecule is CC1(C)SC2(NC(=O)C(F)(F)F)CC(=O)N2[C@H]1C(=O)OCc1ccccc1. The highest BCUT2D eigenvalue weighted by Crippen LogP contribution is 2.57. The third-order valence-corrected chi connectivity index (χ3v) is 5.94. The summed E-state index contributed by atoms with van der Waals surface area (Å²) < 4.78 is 42.3. The lowest BCUT2D eigenvalue weighted by Gasteiger charge is -2.47. The first-order valence-corrected chi connectivity index (χ1v) is 8.90. The fourth-order valence-electron chi connectivity index (χ4n) is 3.30. The zero-order valence-electron chi connectivity index (χ0n) is 14.5. The summed E-state index contributed by atoms with van der Waals surface area (Å²) in [6, 6.07) is 7.75. The zero-order valence-corrected chi connectivity index (χ0v) is 15.3. The number of halogens is 3. The number of β-lactam (4-membered cyclic amide) rings is 1. The van der Waals surface area contributed by atoms with Gasteiger partial charge in [0.25, 0.3) is 0 Å². The minimum Gasteiger partial charge on any atom is -0.459 e. The Morgan fingerprint density at radius 2 is 1.93 bits per heavy atom. The van der Waals surface area contributed by atoms with Gasteiger partial charge in [-0.1, -0.05) is 30.3 Å². The number of carbonyl (C=O) groups is 3. The first-order valence-electron chi connectivity index (χ1n) is 8.08. The Morgan fingerprint density at radius 1 is 1.30 bits per heavy atom. The predicted molar refractivity (Wildman–Crippen MR) is 90.1 cm³/mol. The van der Waals surface area contributed by atoms with E-state index in [0.717, 1.165) is 22.2 Å². The van der Waals surface area contributed by atoms with Gasteiger partial charge in [0, 0.05) is 4.75 Å². The normalized spacial score (nSPS) is 26.2. The number of hydrogen-bond donors (Lipinski definition) is 1. The summed E-state index contributed by atoms with van der Waals surface area (Å²) in [7, 11) is 0. The molecule has 0 saturated carbocycles. The molecule has 3 rings (SSSR count). The van der Waals surface area contributed by atoms with Crippen molar-refractivity contribution >= 4 is 29.5 Å². The van der Waals surface area contributed by atoms with Crippen molar-refractivity contribution in [1.29, 1.82) is 0 Å². The molecule has 0 spiro atoms. The molecule has 2 heterocycles. The lowest BCUT2D eigenvalue weighted by Crippen LogP contribution is -2.71. The van der Waals surface area contributed by atoms with Gasteiger partial charge in [-0.15, -0.1) is 11.8 Å². The second-order valence-corrected chi connectivity index (χ2v) is 8.81. The summed E-state index contributed by atoms with van der Waals surface area (Å²) in [6.07, 6.45) is -5.40. The van der Waals surface area contributed by atoms with Crippen molar-refractivity contribution in [2.45, 2.75) is 48.8 Å². The Hall–Kier alpha value is -2.23. The summed E-state index contributed by atoms with van der Waals surface area (Å²) >= 11 is 0.944. The van der Waals surface area contributed by atoms with Crippen LogP contribution in [0.25, 0.3) is 0 Å². The fraction of sp³-hybridized carbons (Fsp3) is 0.471. The molecule has 2 amide bonds. The number of amides is 2. The number of ether oxygens (including phenoxy) is 1. The second-order valence-electron chi connectivity index (χ2n) is 6.88. The van der Waals surface area contributed by atoms with Crippen molar-refractivity contribution in [1.82, 2.24) is 10.2 Å². The molecule has 2 saturated heterocycles. The summed E-state index contributed by atoms with van der Waals surface area (Å²) in [5.74, 6) is -3.40. The lowest BCUT2D eigenvalue weighted by atomic mass is 9.96. The average Bonchev–Trinajstić information content (AvgIpc) is 2.75. The van der Waals surface area contributed by atoms with Gasteiger partial charge in [0.15, 0.2) is 4.99 Å². The highest BCUT2D eigenvalue weighted by molar-refractivity contribution is 8.02. The number of nitrogens with one attached hydrogen (secondary N) is 1. The molecule has 146 valence electrons. The lowest BCUT2D eigenvalue weighted by molar-refractivity contribution is -0.183. The largest absolute Gasteiger partial charge is 0.471 e. The summed E-state index contributed by atoms with van der Waals surface area (Å²) in [6.45, 7) is 3.22. The number of fused-ring (bicyclic) bond motifs is 1. The maximum Gasteiger partial charge on any atom is 0.471 e. The standard InChI is InChI=1S/C17H17F3N2O4S/c1-15(2)12(13(24)26-9-10-6-4-3-5-7-10)22-11(23)8-16(22,27-15)21-14(25)17(18,19)20/h3-7,12H,8-9H2,1-2H3,(H,21,25)/t12-,16?/m0/s1. The van der Waals surface area contributed by atoms with E-state index >= 15 is 0 Å². The molecule has 2 aliphatic heterocycles. The third-order valence-electron chi connectivity index (χ3n) is 4.41. The number of benzene rings is 1. The van der Waals surface area contributed by atoms with E-state index in [9.17, 15) is 27.6 Å². The first kappa shape index (κ1) is 19.5. The van der Waals surface area contributed by atoms with E-state index in [0.29, 0.717) is 0 Å². The number of thioether (sulfide) groups is 1. The zero-order chi connectivity index (χ0) is 20.0. The van der Waals surface area contributed by atoms with Crippen molar-refractivity contribution < 1.29 is 32.3 Å². The quantitative estimate of drug-likeness (QED) is 0.617. The van der Waals surface area contributed by atoms with Crippen molar-refractivity contribution in [3.8, 4) is 0 Å². The number of carbonyl (C=O) groups excluding carboxylic acids is 3. The number of hydrogen-bond acceptors (Lipinski definition) is 5. The Bertz CT molecular complexity index is 784. The highest BCUT2D eigenvalue weighted by atomic mass is 32.2. The molecule has 0 aromatic heterocycles. The summed E-state index contributed by atoms with van der Waals surface area (Å²) in [5.41, 5.74) is 0.737. The van der Waals surface area contributed by atoms with Gasteiger partial charge < -0.3 is 10.1 Å². The van der Waals surface area contributed by atoms with Crippen LogP contribution in [0.3, 0.4) is 0 Å². The second kappa shape index (κ2) is 6.43. The summed E-state index contributed by atoms with van der Waals surface area (Å²) in [4.78, 5) is 35.5. The molecule has 0 aliphatic carbocycles. The van der Waals surface area contributed by atoms with Crippen LogP contribution in [0, 0.1) is 0 Å². The van der Waals surface area contributed by atoms with E-state index in [-0.39, 0.29) is 13.0 Å². The third kappa shape index (κ3) is 3.50. The molecule has 1 aromatic carbocycles. The molecule has 2 atom stereocenters. The molecular weight excluding hydrogens is 385 g/mol. The molecule has 10 heteroatoms. The Labute approximate surface area is 157 Å². The van der Waals surface area contributed by atoms with E-state index in [2.05, 4.69) is 0 Å². The number of rotatable bonds is 4. The molecule has 2 aliphatic rings. The number of alkyl halides is 3. The van der Waals surface area contributed by atoms with Gasteiger partial charge in [-0.3, -0.25) is 14.5 Å². The van der Waals surface area contributed by atoms with Crippen LogP contribution in [0.2, 0.25) is 0 Å². The van der Waals surface area contributed by atoms with E-state index in [1.807, 2.05) is 5.32 Å². The molecule has 1 aromatic rings. The van der Waals surface area contributed by atoms with Gasteiger partial charge in [0.1, 0.15) is 12.6 Å². The van der Waals surface area contributed by atoms with Crippen molar-refractivity contribution in [3.05, 3.63) is 35.9 Å². The van der Waals surface area contributed by atoms with Gasteiger partial charge in [-0.2, -0.15) is 13.2 Å². The van der Waals surface area contributed by atoms with E-state index in [4.69, 9.17) is 4.74 Å². The smallest absolute Gasteiger partial charge is 0.459 e. The molecule has 0 radical (unpaired) electrons. The Balaban J connectivity index is 1.78. The van der Waals surface area contributed by atoms with Gasteiger partial charge >= 0.3 is 18.1 Å². The minimum atomic E-state index is -5.09. The van der Waals surface area contributed by atoms with Crippen LogP contribution in [-0.4, -0.2) is 44.6 Å². The molecule has 6 nitrogen and oxygen atoms in total. The van der Waals surface area contributed by atoms with Crippen LogP contribution >= 0.6 is 11.8 Å². The van der Waals surface area contributed by atoms with Crippen molar-refractivity contribution in [3.63, 3.8) is 0 Å². The fourth-order valence-corrected chi connectivity index (χ4v) is 5.13. The molecule has 1 N–H and O–H groups in total. The van der Waals surface area contributed by atoms with Crippen LogP contribution in [-0.2, 0) is 25.7 Å². The van der Waals surface area contributed by atoms with E-state index in [1.54, 1.807) is 44.2 Å². The summed E-state index contributed by atoms with van der Waals surface area (Å²) in [5, 5.41) is 1.87. The maximum absolute atomic E-state index is 12.7. The monoisotopic (exact) mass is 402 g/mol. The predicted octanol–water partition coefficient (Wildman–Crippen LogP) is 2.19. The first-order chi connectivity index (χ1) is 12.5. The molecule has 0 bridgehead atoms. The van der Waals surface area contributed by atoms with Crippen molar-refractivity contribution in [2.75, 3.05) is 0 Å². The molecular formula is C17H17F3N2O4S. The average molecular weight is 402 g/mol. The van der Waals surface area contributed by atoms with Crippen LogP contribution in [0.4, 0.5) is 13.2 Å². The molecule has 27 heavy (non-hydrogen) atoms. The van der Waals surface area contributed by atoms with Crippen LogP contribution in [0.5, 0.6) is 0 Å². The van der Waals surface area contributed by atoms with Gasteiger partial charge in [0.05, 0.1) is 6.42 Å². The maximum atomic E-state index is 12.7. The minimum absolute atomic E-state index is 0.0269. The Morgan fingerprint density at radius 3 is 2.48 bits per heavy atom. The number of nitrogens with zero attached hydrogens (tertiary/aromatic N) is 1. The van der Waals surface area contributed by atoms with Gasteiger partial charge in [-0.05, 0) is 19.4 Å². The van der Waals surface area contributed by atoms with Crippen LogP contribution < -0.4 is 5.32 Å².